The Balaban J connectivity index is 3.97. The van der Waals surface area contributed by atoms with Crippen molar-refractivity contribution in [3.8, 4) is 0 Å². The van der Waals surface area contributed by atoms with Crippen molar-refractivity contribution in [3.63, 3.8) is 0 Å². The molecule has 93 heavy (non-hydrogen) atoms. The van der Waals surface area contributed by atoms with Crippen LogP contribution in [0.3, 0.4) is 0 Å². The molecule has 0 spiro atoms. The van der Waals surface area contributed by atoms with Gasteiger partial charge in [-0.3, -0.25) is 9.59 Å². The Hall–Kier alpha value is -4.05. The smallest absolute Gasteiger partial charge is 0.306 e. The van der Waals surface area contributed by atoms with E-state index in [1.165, 1.54) is 212 Å². The summed E-state index contributed by atoms with van der Waals surface area (Å²) in [5, 5.41) is 11.8. The van der Waals surface area contributed by atoms with Gasteiger partial charge in [-0.25, -0.2) is 0 Å². The van der Waals surface area contributed by atoms with Crippen LogP contribution in [0.2, 0.25) is 0 Å². The van der Waals surface area contributed by atoms with Crippen molar-refractivity contribution in [1.29, 1.82) is 0 Å². The number of carboxylic acid groups (broad SMARTS) is 1. The number of hydrogen-bond donors (Lipinski definition) is 0. The molecule has 0 heterocycles. The van der Waals surface area contributed by atoms with Gasteiger partial charge in [0.1, 0.15) is 13.2 Å². The number of nitrogens with zero attached hydrogens (tertiary/aromatic N) is 1. The molecule has 0 aromatic carbocycles. The fourth-order valence-electron chi connectivity index (χ4n) is 11.1. The lowest BCUT2D eigenvalue weighted by Gasteiger charge is -2.26. The number of allylic oxidation sites excluding steroid dienone is 18. The Bertz CT molecular complexity index is 1900. The minimum Gasteiger partial charge on any atom is -0.545 e. The minimum absolute atomic E-state index is 0.145. The topological polar surface area (TPSA) is 111 Å². The molecule has 536 valence electrons. The zero-order chi connectivity index (χ0) is 67.5. The quantitative estimate of drug-likeness (QED) is 0.0195. The van der Waals surface area contributed by atoms with Crippen LogP contribution >= 0.6 is 0 Å². The largest absolute Gasteiger partial charge is 0.545 e. The molecule has 0 aliphatic carbocycles. The molecule has 9 heteroatoms. The van der Waals surface area contributed by atoms with E-state index < -0.39 is 24.3 Å². The Kier molecular flexibility index (Phi) is 70.5. The predicted octanol–water partition coefficient (Wildman–Crippen LogP) is 23.6. The Morgan fingerprint density at radius 2 is 0.581 bits per heavy atom. The van der Waals surface area contributed by atoms with E-state index >= 15 is 0 Å². The molecule has 0 rings (SSSR count). The molecule has 0 radical (unpaired) electrons. The average Bonchev–Trinajstić information content (AvgIpc) is 3.38. The first-order valence-electron chi connectivity index (χ1n) is 39.0. The number of quaternary nitrogens is 1. The standard InChI is InChI=1S/C84H147NO8/c1-6-8-10-12-14-16-18-20-22-24-26-28-30-32-34-35-36-37-38-39-40-41-42-43-44-45-46-47-49-50-52-54-56-58-60-62-64-66-68-70-72-74-81(86)91-78-80(79-92-84(83(88)89)90-77-76-85(3,4)5)93-82(87)75-73-71-69-67-65-63-61-59-57-55-53-51-48-33-31-29-27-25-23-21-19-17-15-13-11-9-7-2/h8-11,14-17,20-23,26-29,33,48,80,84H,6-7,12-13,18-19,24-25,30-32,34-47,49-79H2,1-5H3/b10-8-,11-9-,16-14-,17-15-,22-20-,23-21-,28-26-,29-27-,48-33-. The van der Waals surface area contributed by atoms with E-state index in [9.17, 15) is 19.5 Å². The van der Waals surface area contributed by atoms with Crippen molar-refractivity contribution in [2.24, 2.45) is 0 Å². The normalized spacial score (nSPS) is 13.3. The maximum atomic E-state index is 13.0. The highest BCUT2D eigenvalue weighted by Crippen LogP contribution is 2.19. The predicted molar refractivity (Wildman–Crippen MR) is 398 cm³/mol. The first-order chi connectivity index (χ1) is 45.6. The van der Waals surface area contributed by atoms with E-state index in [-0.39, 0.29) is 32.2 Å². The van der Waals surface area contributed by atoms with E-state index in [0.717, 1.165) is 103 Å². The van der Waals surface area contributed by atoms with Gasteiger partial charge in [0.15, 0.2) is 12.4 Å². The number of hydrogen-bond acceptors (Lipinski definition) is 8. The van der Waals surface area contributed by atoms with E-state index in [1.807, 2.05) is 21.1 Å². The number of carboxylic acids is 1. The van der Waals surface area contributed by atoms with E-state index in [1.54, 1.807) is 0 Å². The SMILES string of the molecule is CC/C=C\C/C=C\C/C=C\C/C=C\C/C=C\CCCCCCCCCCCCCC(=O)OC(COC(=O)CCCCCCCCCCCCCCCCCCCCCCCCCCCCCC/C=C\C/C=C\C/C=C\C/C=C\CC)COC(OCC[N+](C)(C)C)C(=O)[O-]. The summed E-state index contributed by atoms with van der Waals surface area (Å²) >= 11 is 0. The molecular formula is C84H147NO8. The summed E-state index contributed by atoms with van der Waals surface area (Å²) in [6, 6.07) is 0. The zero-order valence-electron chi connectivity index (χ0n) is 61.4. The first kappa shape index (κ1) is 89.0. The number of aliphatic carboxylic acids is 1. The van der Waals surface area contributed by atoms with Crippen molar-refractivity contribution < 1.29 is 42.9 Å². The van der Waals surface area contributed by atoms with E-state index in [0.29, 0.717) is 23.9 Å². The molecule has 2 unspecified atom stereocenters. The van der Waals surface area contributed by atoms with Crippen LogP contribution in [0, 0.1) is 0 Å². The number of unbranched alkanes of at least 4 members (excludes halogenated alkanes) is 39. The van der Waals surface area contributed by atoms with Gasteiger partial charge >= 0.3 is 11.9 Å². The molecular weight excluding hydrogens is 1150 g/mol. The van der Waals surface area contributed by atoms with Gasteiger partial charge in [0.25, 0.3) is 0 Å². The number of esters is 2. The second-order valence-corrected chi connectivity index (χ2v) is 27.2. The average molecular weight is 1300 g/mol. The lowest BCUT2D eigenvalue weighted by atomic mass is 10.0. The number of likely N-dealkylation sites (N-methyl/N-ethyl adjacent to an activating group) is 1. The molecule has 0 saturated carbocycles. The number of rotatable bonds is 72. The molecule has 9 nitrogen and oxygen atoms in total. The summed E-state index contributed by atoms with van der Waals surface area (Å²) in [6.07, 6.45) is 101. The molecule has 0 saturated heterocycles. The van der Waals surface area contributed by atoms with Crippen LogP contribution < -0.4 is 5.11 Å². The molecule has 0 aliphatic heterocycles. The van der Waals surface area contributed by atoms with E-state index in [4.69, 9.17) is 18.9 Å². The van der Waals surface area contributed by atoms with Gasteiger partial charge < -0.3 is 33.3 Å². The first-order valence-corrected chi connectivity index (χ1v) is 39.0. The molecule has 2 atom stereocenters. The van der Waals surface area contributed by atoms with Crippen LogP contribution in [0.15, 0.2) is 109 Å². The Morgan fingerprint density at radius 1 is 0.323 bits per heavy atom. The van der Waals surface area contributed by atoms with Crippen molar-refractivity contribution in [3.05, 3.63) is 109 Å². The van der Waals surface area contributed by atoms with Crippen LogP contribution in [0.1, 0.15) is 348 Å². The molecule has 0 fully saturated rings. The summed E-state index contributed by atoms with van der Waals surface area (Å²) in [6.45, 7) is 4.56. The van der Waals surface area contributed by atoms with Gasteiger partial charge in [0.2, 0.25) is 0 Å². The van der Waals surface area contributed by atoms with Gasteiger partial charge in [0.05, 0.1) is 40.3 Å². The summed E-state index contributed by atoms with van der Waals surface area (Å²) < 4.78 is 22.8. The minimum atomic E-state index is -1.63. The molecule has 0 aromatic rings. The van der Waals surface area contributed by atoms with Crippen molar-refractivity contribution >= 4 is 17.9 Å². The van der Waals surface area contributed by atoms with Crippen LogP contribution in [-0.4, -0.2) is 82.3 Å². The fourth-order valence-corrected chi connectivity index (χ4v) is 11.1. The molecule has 0 N–H and O–H groups in total. The monoisotopic (exact) mass is 1300 g/mol. The lowest BCUT2D eigenvalue weighted by molar-refractivity contribution is -0.870. The van der Waals surface area contributed by atoms with Crippen molar-refractivity contribution in [2.45, 2.75) is 360 Å². The number of carbonyl (C=O) groups excluding carboxylic acids is 3. The third-order valence-corrected chi connectivity index (χ3v) is 17.0. The summed E-state index contributed by atoms with van der Waals surface area (Å²) in [4.78, 5) is 37.6. The molecule has 0 amide bonds. The highest BCUT2D eigenvalue weighted by Gasteiger charge is 2.22. The maximum absolute atomic E-state index is 13.0. The molecule has 0 aromatic heterocycles. The lowest BCUT2D eigenvalue weighted by Crippen LogP contribution is -2.44. The highest BCUT2D eigenvalue weighted by atomic mass is 16.7. The highest BCUT2D eigenvalue weighted by molar-refractivity contribution is 5.70. The second kappa shape index (κ2) is 73.8. The fraction of sp³-hybridized carbons (Fsp3) is 0.750. The van der Waals surface area contributed by atoms with Gasteiger partial charge in [-0.1, -0.05) is 348 Å². The summed E-state index contributed by atoms with van der Waals surface area (Å²) in [5.41, 5.74) is 0. The van der Waals surface area contributed by atoms with Gasteiger partial charge in [-0.2, -0.15) is 0 Å². The zero-order valence-corrected chi connectivity index (χ0v) is 61.4. The van der Waals surface area contributed by atoms with Crippen LogP contribution in [0.5, 0.6) is 0 Å². The third-order valence-electron chi connectivity index (χ3n) is 17.0. The summed E-state index contributed by atoms with van der Waals surface area (Å²) in [7, 11) is 5.94. The van der Waals surface area contributed by atoms with Gasteiger partial charge in [0, 0.05) is 12.8 Å². The Labute approximate surface area is 575 Å². The number of ether oxygens (including phenoxy) is 4. The number of carbonyl (C=O) groups is 3. The molecule has 0 aliphatic rings. The van der Waals surface area contributed by atoms with Crippen LogP contribution in [0.25, 0.3) is 0 Å². The van der Waals surface area contributed by atoms with Gasteiger partial charge in [-0.15, -0.1) is 0 Å². The van der Waals surface area contributed by atoms with Crippen LogP contribution in [-0.2, 0) is 33.3 Å². The summed E-state index contributed by atoms with van der Waals surface area (Å²) in [5.74, 6) is -2.27. The van der Waals surface area contributed by atoms with Crippen LogP contribution in [0.4, 0.5) is 0 Å². The molecule has 0 bridgehead atoms. The second-order valence-electron chi connectivity index (χ2n) is 27.2. The maximum Gasteiger partial charge on any atom is 0.306 e. The van der Waals surface area contributed by atoms with E-state index in [2.05, 4.69) is 123 Å². The third kappa shape index (κ3) is 75.2. The van der Waals surface area contributed by atoms with Crippen molar-refractivity contribution in [2.75, 3.05) is 47.5 Å². The Morgan fingerprint density at radius 3 is 0.860 bits per heavy atom. The van der Waals surface area contributed by atoms with Crippen molar-refractivity contribution in [1.82, 2.24) is 0 Å². The van der Waals surface area contributed by atoms with Gasteiger partial charge in [-0.05, 0) is 96.3 Å².